The number of methoxy groups -OCH3 is 1. The van der Waals surface area contributed by atoms with E-state index in [2.05, 4.69) is 5.32 Å². The lowest BCUT2D eigenvalue weighted by Gasteiger charge is -2.16. The van der Waals surface area contributed by atoms with Gasteiger partial charge in [0, 0.05) is 26.2 Å². The number of likely N-dealkylation sites (tertiary alicyclic amines) is 1. The summed E-state index contributed by atoms with van der Waals surface area (Å²) in [4.78, 5) is 13.6. The zero-order valence-electron chi connectivity index (χ0n) is 8.66. The Labute approximate surface area is 84.6 Å². The van der Waals surface area contributed by atoms with E-state index in [1.807, 2.05) is 4.90 Å². The van der Waals surface area contributed by atoms with Crippen molar-refractivity contribution in [1.29, 1.82) is 0 Å². The van der Waals surface area contributed by atoms with Gasteiger partial charge in [0.05, 0.1) is 13.0 Å². The smallest absolute Gasteiger partial charge is 0.224 e. The molecule has 0 aromatic carbocycles. The van der Waals surface area contributed by atoms with Crippen LogP contribution < -0.4 is 5.32 Å². The normalized spacial score (nSPS) is 30.8. The number of carbonyl (C=O) groups excluding carboxylic acids is 1. The van der Waals surface area contributed by atoms with Crippen molar-refractivity contribution < 1.29 is 9.53 Å². The Balaban J connectivity index is 1.80. The van der Waals surface area contributed by atoms with E-state index < -0.39 is 0 Å². The largest absolute Gasteiger partial charge is 0.384 e. The molecule has 2 unspecified atom stereocenters. The van der Waals surface area contributed by atoms with Crippen molar-refractivity contribution in [2.45, 2.75) is 18.9 Å². The second kappa shape index (κ2) is 4.28. The molecular formula is C10H18N2O2. The first-order chi connectivity index (χ1) is 6.81. The maximum Gasteiger partial charge on any atom is 0.224 e. The minimum absolute atomic E-state index is 0.239. The highest BCUT2D eigenvalue weighted by atomic mass is 16.5. The Kier molecular flexibility index (Phi) is 3.03. The Hall–Kier alpha value is -0.610. The van der Waals surface area contributed by atoms with Crippen LogP contribution in [-0.2, 0) is 9.53 Å². The van der Waals surface area contributed by atoms with Crippen LogP contribution in [0.2, 0.25) is 0 Å². The van der Waals surface area contributed by atoms with E-state index in [1.165, 1.54) is 6.42 Å². The van der Waals surface area contributed by atoms with Gasteiger partial charge in [-0.2, -0.15) is 0 Å². The lowest BCUT2D eigenvalue weighted by molar-refractivity contribution is -0.131. The van der Waals surface area contributed by atoms with Crippen LogP contribution in [-0.4, -0.2) is 50.2 Å². The van der Waals surface area contributed by atoms with Gasteiger partial charge in [-0.3, -0.25) is 4.79 Å². The molecule has 2 saturated heterocycles. The number of nitrogens with zero attached hydrogens (tertiary/aromatic N) is 1. The minimum atomic E-state index is 0.239. The Bertz CT molecular complexity index is 208. The van der Waals surface area contributed by atoms with Gasteiger partial charge in [-0.15, -0.1) is 0 Å². The molecule has 2 aliphatic rings. The molecule has 0 aromatic rings. The second-order valence-electron chi connectivity index (χ2n) is 4.15. The molecule has 80 valence electrons. The van der Waals surface area contributed by atoms with Crippen molar-refractivity contribution in [1.82, 2.24) is 10.2 Å². The number of ether oxygens (including phenoxy) is 1. The predicted octanol–water partition coefficient (Wildman–Crippen LogP) is -0.157. The molecule has 2 fully saturated rings. The molecular weight excluding hydrogens is 180 g/mol. The van der Waals surface area contributed by atoms with E-state index in [4.69, 9.17) is 4.74 Å². The van der Waals surface area contributed by atoms with E-state index in [0.29, 0.717) is 25.0 Å². The molecule has 0 saturated carbocycles. The van der Waals surface area contributed by atoms with Crippen LogP contribution in [0.15, 0.2) is 0 Å². The quantitative estimate of drug-likeness (QED) is 0.685. The van der Waals surface area contributed by atoms with Crippen molar-refractivity contribution in [3.63, 3.8) is 0 Å². The number of fused-ring (bicyclic) bond motifs is 1. The van der Waals surface area contributed by atoms with Gasteiger partial charge in [0.15, 0.2) is 0 Å². The summed E-state index contributed by atoms with van der Waals surface area (Å²) < 4.78 is 4.90. The van der Waals surface area contributed by atoms with Gasteiger partial charge in [0.25, 0.3) is 0 Å². The standard InChI is InChI=1S/C10H18N2O2/c1-14-5-3-10(13)12-6-8-2-4-11-9(8)7-12/h8-9,11H,2-7H2,1H3. The highest BCUT2D eigenvalue weighted by Crippen LogP contribution is 2.24. The first kappa shape index (κ1) is 9.93. The summed E-state index contributed by atoms with van der Waals surface area (Å²) in [6, 6.07) is 0.557. The highest BCUT2D eigenvalue weighted by molar-refractivity contribution is 5.76. The summed E-state index contributed by atoms with van der Waals surface area (Å²) in [5, 5.41) is 3.43. The van der Waals surface area contributed by atoms with Gasteiger partial charge in [-0.1, -0.05) is 0 Å². The number of carbonyl (C=O) groups is 1. The summed E-state index contributed by atoms with van der Waals surface area (Å²) in [5.74, 6) is 0.935. The van der Waals surface area contributed by atoms with Crippen LogP contribution >= 0.6 is 0 Å². The van der Waals surface area contributed by atoms with Crippen molar-refractivity contribution in [3.05, 3.63) is 0 Å². The average Bonchev–Trinajstić information content (AvgIpc) is 2.72. The SMILES string of the molecule is COCCC(=O)N1CC2CCNC2C1. The van der Waals surface area contributed by atoms with E-state index in [1.54, 1.807) is 7.11 Å². The van der Waals surface area contributed by atoms with Gasteiger partial charge < -0.3 is 15.0 Å². The lowest BCUT2D eigenvalue weighted by Crippen LogP contribution is -2.34. The molecule has 0 radical (unpaired) electrons. The van der Waals surface area contributed by atoms with Crippen LogP contribution in [0.25, 0.3) is 0 Å². The third kappa shape index (κ3) is 1.91. The van der Waals surface area contributed by atoms with E-state index >= 15 is 0 Å². The summed E-state index contributed by atoms with van der Waals surface area (Å²) >= 11 is 0. The molecule has 2 rings (SSSR count). The van der Waals surface area contributed by atoms with Crippen LogP contribution in [0.4, 0.5) is 0 Å². The van der Waals surface area contributed by atoms with Gasteiger partial charge in [-0.25, -0.2) is 0 Å². The Morgan fingerprint density at radius 3 is 3.14 bits per heavy atom. The number of hydrogen-bond acceptors (Lipinski definition) is 3. The predicted molar refractivity (Wildman–Crippen MR) is 53.0 cm³/mol. The minimum Gasteiger partial charge on any atom is -0.384 e. The summed E-state index contributed by atoms with van der Waals surface area (Å²) in [7, 11) is 1.63. The molecule has 0 bridgehead atoms. The number of hydrogen-bond donors (Lipinski definition) is 1. The zero-order chi connectivity index (χ0) is 9.97. The Morgan fingerprint density at radius 2 is 2.43 bits per heavy atom. The highest BCUT2D eigenvalue weighted by Gasteiger charge is 2.37. The molecule has 2 atom stereocenters. The molecule has 2 aliphatic heterocycles. The van der Waals surface area contributed by atoms with Gasteiger partial charge in [-0.05, 0) is 18.9 Å². The Morgan fingerprint density at radius 1 is 1.57 bits per heavy atom. The fourth-order valence-electron chi connectivity index (χ4n) is 2.40. The molecule has 1 N–H and O–H groups in total. The maximum atomic E-state index is 11.7. The molecule has 0 aromatic heterocycles. The third-order valence-electron chi connectivity index (χ3n) is 3.24. The fraction of sp³-hybridized carbons (Fsp3) is 0.900. The van der Waals surface area contributed by atoms with Crippen LogP contribution in [0.3, 0.4) is 0 Å². The zero-order valence-corrected chi connectivity index (χ0v) is 8.66. The van der Waals surface area contributed by atoms with E-state index in [-0.39, 0.29) is 5.91 Å². The molecule has 14 heavy (non-hydrogen) atoms. The first-order valence-corrected chi connectivity index (χ1v) is 5.31. The van der Waals surface area contributed by atoms with Crippen molar-refractivity contribution in [3.8, 4) is 0 Å². The topological polar surface area (TPSA) is 41.6 Å². The summed E-state index contributed by atoms with van der Waals surface area (Å²) in [6.07, 6.45) is 1.74. The number of amides is 1. The molecule has 0 aliphatic carbocycles. The summed E-state index contributed by atoms with van der Waals surface area (Å²) in [5.41, 5.74) is 0. The van der Waals surface area contributed by atoms with E-state index in [9.17, 15) is 4.79 Å². The van der Waals surface area contributed by atoms with Crippen LogP contribution in [0.1, 0.15) is 12.8 Å². The second-order valence-corrected chi connectivity index (χ2v) is 4.15. The fourth-order valence-corrected chi connectivity index (χ4v) is 2.40. The molecule has 4 nitrogen and oxygen atoms in total. The third-order valence-corrected chi connectivity index (χ3v) is 3.24. The molecule has 4 heteroatoms. The number of rotatable bonds is 3. The molecule has 1 amide bonds. The van der Waals surface area contributed by atoms with Crippen molar-refractivity contribution in [2.24, 2.45) is 5.92 Å². The first-order valence-electron chi connectivity index (χ1n) is 5.31. The van der Waals surface area contributed by atoms with E-state index in [0.717, 1.165) is 19.6 Å². The van der Waals surface area contributed by atoms with Crippen LogP contribution in [0, 0.1) is 5.92 Å². The maximum absolute atomic E-state index is 11.7. The van der Waals surface area contributed by atoms with Gasteiger partial charge in [0.1, 0.15) is 0 Å². The lowest BCUT2D eigenvalue weighted by atomic mass is 10.1. The van der Waals surface area contributed by atoms with Crippen molar-refractivity contribution in [2.75, 3.05) is 33.4 Å². The van der Waals surface area contributed by atoms with Gasteiger partial charge in [0.2, 0.25) is 5.91 Å². The summed E-state index contributed by atoms with van der Waals surface area (Å²) in [6.45, 7) is 3.50. The monoisotopic (exact) mass is 198 g/mol. The molecule has 2 heterocycles. The van der Waals surface area contributed by atoms with Crippen molar-refractivity contribution >= 4 is 5.91 Å². The van der Waals surface area contributed by atoms with Crippen LogP contribution in [0.5, 0.6) is 0 Å². The molecule has 0 spiro atoms. The number of nitrogens with one attached hydrogen (secondary N) is 1. The average molecular weight is 198 g/mol. The van der Waals surface area contributed by atoms with Gasteiger partial charge >= 0.3 is 0 Å².